The minimum Gasteiger partial charge on any atom is -0.322 e. The van der Waals surface area contributed by atoms with E-state index in [-0.39, 0.29) is 23.6 Å². The first-order chi connectivity index (χ1) is 24.1. The molecule has 0 bridgehead atoms. The summed E-state index contributed by atoms with van der Waals surface area (Å²) in [6.45, 7) is 3.58. The largest absolute Gasteiger partial charge is 0.322 e. The molecular weight excluding hydrogens is 675 g/mol. The van der Waals surface area contributed by atoms with E-state index in [9.17, 15) is 19.2 Å². The topological polar surface area (TPSA) is 141 Å². The minimum absolute atomic E-state index is 0.185. The molecule has 0 aromatic heterocycles. The molecule has 4 rings (SSSR count). The van der Waals surface area contributed by atoms with Crippen LogP contribution in [0.5, 0.6) is 0 Å². The van der Waals surface area contributed by atoms with Crippen LogP contribution in [0.25, 0.3) is 0 Å². The van der Waals surface area contributed by atoms with Crippen LogP contribution < -0.4 is 21.5 Å². The van der Waals surface area contributed by atoms with Crippen molar-refractivity contribution in [2.75, 3.05) is 10.6 Å². The van der Waals surface area contributed by atoms with Crippen LogP contribution in [0.1, 0.15) is 84.2 Å². The first-order valence-electron chi connectivity index (χ1n) is 16.1. The van der Waals surface area contributed by atoms with Crippen LogP contribution >= 0.6 is 23.2 Å². The Morgan fingerprint density at radius 1 is 0.480 bits per heavy atom. The first-order valence-corrected chi connectivity index (χ1v) is 16.8. The van der Waals surface area contributed by atoms with Gasteiger partial charge in [0.15, 0.2) is 0 Å². The second kappa shape index (κ2) is 19.0. The Labute approximate surface area is 301 Å². The molecule has 0 saturated carbocycles. The van der Waals surface area contributed by atoms with Gasteiger partial charge in [0.05, 0.1) is 11.4 Å². The molecule has 0 heterocycles. The van der Waals surface area contributed by atoms with Gasteiger partial charge in [-0.3, -0.25) is 19.2 Å². The van der Waals surface area contributed by atoms with Gasteiger partial charge >= 0.3 is 0 Å². The summed E-state index contributed by atoms with van der Waals surface area (Å²) in [5, 5.41) is 15.2. The van der Waals surface area contributed by atoms with E-state index in [2.05, 4.69) is 31.7 Å². The lowest BCUT2D eigenvalue weighted by Crippen LogP contribution is -2.19. The quantitative estimate of drug-likeness (QED) is 0.0560. The van der Waals surface area contributed by atoms with Gasteiger partial charge in [-0.25, -0.2) is 10.9 Å². The molecule has 0 unspecified atom stereocenters. The highest BCUT2D eigenvalue weighted by Crippen LogP contribution is 2.16. The highest BCUT2D eigenvalue weighted by molar-refractivity contribution is 6.31. The zero-order valence-corrected chi connectivity index (χ0v) is 29.3. The van der Waals surface area contributed by atoms with Gasteiger partial charge in [-0.1, -0.05) is 60.3 Å². The molecule has 4 amide bonds. The Kier molecular flexibility index (Phi) is 14.3. The zero-order valence-electron chi connectivity index (χ0n) is 27.8. The van der Waals surface area contributed by atoms with Gasteiger partial charge in [0, 0.05) is 45.4 Å². The van der Waals surface area contributed by atoms with Crippen LogP contribution in [-0.2, 0) is 9.59 Å². The van der Waals surface area contributed by atoms with Crippen molar-refractivity contribution in [3.63, 3.8) is 0 Å². The number of unbranched alkanes of at least 4 members (excludes halogenated alkanes) is 3. The predicted octanol–water partition coefficient (Wildman–Crippen LogP) is 8.22. The van der Waals surface area contributed by atoms with Gasteiger partial charge in [0.2, 0.25) is 11.8 Å². The highest BCUT2D eigenvalue weighted by Gasteiger charge is 2.09. The molecular formula is C38H38Cl2N6O4. The van der Waals surface area contributed by atoms with Crippen molar-refractivity contribution in [2.45, 2.75) is 52.4 Å². The van der Waals surface area contributed by atoms with Gasteiger partial charge < -0.3 is 10.6 Å². The molecule has 258 valence electrons. The SMILES string of the molecule is C/C(=N\NC(=O)CCCCCCC(=O)N/N=C(\C)c1ccc(NC(=O)c2ccc(Cl)cc2)cc1)c1ccc(NC(=O)c2ccc(Cl)cc2)cc1. The number of hydrazone groups is 2. The van der Waals surface area contributed by atoms with Crippen LogP contribution in [0.2, 0.25) is 10.0 Å². The summed E-state index contributed by atoms with van der Waals surface area (Å²) >= 11 is 11.8. The van der Waals surface area contributed by atoms with Crippen molar-refractivity contribution in [2.24, 2.45) is 10.2 Å². The number of hydrogen-bond donors (Lipinski definition) is 4. The summed E-state index contributed by atoms with van der Waals surface area (Å²) in [7, 11) is 0. The average molecular weight is 714 g/mol. The Hall–Kier alpha value is -5.32. The monoisotopic (exact) mass is 712 g/mol. The number of benzene rings is 4. The number of hydrogen-bond acceptors (Lipinski definition) is 6. The molecule has 0 aliphatic rings. The number of anilines is 2. The van der Waals surface area contributed by atoms with Gasteiger partial charge in [-0.05, 0) is 111 Å². The van der Waals surface area contributed by atoms with Gasteiger partial charge in [-0.2, -0.15) is 10.2 Å². The number of carbonyl (C=O) groups excluding carboxylic acids is 4. The number of nitrogens with zero attached hydrogens (tertiary/aromatic N) is 2. The lowest BCUT2D eigenvalue weighted by Gasteiger charge is -2.07. The number of carbonyl (C=O) groups is 4. The Morgan fingerprint density at radius 3 is 1.14 bits per heavy atom. The van der Waals surface area contributed by atoms with Crippen LogP contribution in [-0.4, -0.2) is 35.1 Å². The molecule has 4 N–H and O–H groups in total. The molecule has 0 aliphatic carbocycles. The zero-order chi connectivity index (χ0) is 35.9. The Morgan fingerprint density at radius 2 is 0.800 bits per heavy atom. The maximum atomic E-state index is 12.4. The van der Waals surface area contributed by atoms with Gasteiger partial charge in [-0.15, -0.1) is 0 Å². The fraction of sp³-hybridized carbons (Fsp3) is 0.211. The van der Waals surface area contributed by atoms with E-state index >= 15 is 0 Å². The molecule has 0 atom stereocenters. The average Bonchev–Trinajstić information content (AvgIpc) is 3.12. The molecule has 0 radical (unpaired) electrons. The number of halogens is 2. The lowest BCUT2D eigenvalue weighted by molar-refractivity contribution is -0.122. The lowest BCUT2D eigenvalue weighted by atomic mass is 10.1. The van der Waals surface area contributed by atoms with E-state index in [1.54, 1.807) is 86.6 Å². The normalized spacial score (nSPS) is 11.4. The molecule has 12 heteroatoms. The third-order valence-corrected chi connectivity index (χ3v) is 8.09. The fourth-order valence-electron chi connectivity index (χ4n) is 4.66. The highest BCUT2D eigenvalue weighted by atomic mass is 35.5. The first kappa shape index (κ1) is 37.5. The second-order valence-corrected chi connectivity index (χ2v) is 12.3. The van der Waals surface area contributed by atoms with E-state index in [0.717, 1.165) is 24.0 Å². The summed E-state index contributed by atoms with van der Waals surface area (Å²) in [5.74, 6) is -0.850. The van der Waals surface area contributed by atoms with Crippen molar-refractivity contribution in [1.29, 1.82) is 0 Å². The van der Waals surface area contributed by atoms with Gasteiger partial charge in [0.25, 0.3) is 11.8 Å². The van der Waals surface area contributed by atoms with Gasteiger partial charge in [0.1, 0.15) is 0 Å². The van der Waals surface area contributed by atoms with E-state index < -0.39 is 0 Å². The minimum atomic E-state index is -0.241. The molecule has 0 aliphatic heterocycles. The van der Waals surface area contributed by atoms with Crippen molar-refractivity contribution in [1.82, 2.24) is 10.9 Å². The summed E-state index contributed by atoms with van der Waals surface area (Å²) in [6, 6.07) is 27.6. The van der Waals surface area contributed by atoms with Crippen molar-refractivity contribution >= 4 is 69.6 Å². The molecule has 0 saturated heterocycles. The summed E-state index contributed by atoms with van der Waals surface area (Å²) in [6.07, 6.45) is 3.61. The molecule has 10 nitrogen and oxygen atoms in total. The summed E-state index contributed by atoms with van der Waals surface area (Å²) in [5.41, 5.74) is 10.3. The number of rotatable bonds is 15. The molecule has 4 aromatic carbocycles. The van der Waals surface area contributed by atoms with Crippen LogP contribution in [0.15, 0.2) is 107 Å². The van der Waals surface area contributed by atoms with E-state index in [0.29, 0.717) is 69.7 Å². The molecule has 0 spiro atoms. The Balaban J connectivity index is 1.08. The molecule has 50 heavy (non-hydrogen) atoms. The van der Waals surface area contributed by atoms with Crippen LogP contribution in [0, 0.1) is 0 Å². The standard InChI is InChI=1S/C38H38Cl2N6O4/c1-25(27-13-21-33(22-14-27)41-37(49)29-9-17-31(39)18-10-29)43-45-35(47)7-5-3-4-6-8-36(48)46-44-26(2)28-15-23-34(24-16-28)42-38(50)30-11-19-32(40)20-12-30/h9-24H,3-8H2,1-2H3,(H,41,49)(H,42,50)(H,45,47)(H,46,48)/b43-25+,44-26+. The molecule has 4 aromatic rings. The Bertz CT molecular complexity index is 1700. The number of amides is 4. The van der Waals surface area contributed by atoms with E-state index in [1.165, 1.54) is 0 Å². The maximum absolute atomic E-state index is 12.4. The third kappa shape index (κ3) is 12.3. The smallest absolute Gasteiger partial charge is 0.255 e. The summed E-state index contributed by atoms with van der Waals surface area (Å²) < 4.78 is 0. The van der Waals surface area contributed by atoms with Crippen LogP contribution in [0.3, 0.4) is 0 Å². The maximum Gasteiger partial charge on any atom is 0.255 e. The fourth-order valence-corrected chi connectivity index (χ4v) is 4.91. The van der Waals surface area contributed by atoms with Crippen molar-refractivity contribution < 1.29 is 19.2 Å². The van der Waals surface area contributed by atoms with Crippen LogP contribution in [0.4, 0.5) is 11.4 Å². The van der Waals surface area contributed by atoms with Crippen molar-refractivity contribution in [3.8, 4) is 0 Å². The van der Waals surface area contributed by atoms with Crippen molar-refractivity contribution in [3.05, 3.63) is 129 Å². The van der Waals surface area contributed by atoms with E-state index in [4.69, 9.17) is 23.2 Å². The second-order valence-electron chi connectivity index (χ2n) is 11.5. The summed E-state index contributed by atoms with van der Waals surface area (Å²) in [4.78, 5) is 49.3. The number of nitrogens with one attached hydrogen (secondary N) is 4. The van der Waals surface area contributed by atoms with E-state index in [1.807, 2.05) is 24.3 Å². The third-order valence-electron chi connectivity index (χ3n) is 7.59. The molecule has 0 fully saturated rings. The predicted molar refractivity (Wildman–Crippen MR) is 200 cm³/mol.